The summed E-state index contributed by atoms with van der Waals surface area (Å²) in [7, 11) is 3.17. The summed E-state index contributed by atoms with van der Waals surface area (Å²) in [6.07, 6.45) is 0.463. The maximum atomic E-state index is 12.9. The number of carbonyl (C=O) groups is 2. The van der Waals surface area contributed by atoms with Crippen molar-refractivity contribution in [2.45, 2.75) is 25.0 Å². The number of ether oxygens (including phenoxy) is 2. The Kier molecular flexibility index (Phi) is 5.96. The first-order valence-electron chi connectivity index (χ1n) is 8.96. The van der Waals surface area contributed by atoms with Crippen LogP contribution in [-0.4, -0.2) is 49.6 Å². The smallest absolute Gasteiger partial charge is 0.242 e. The summed E-state index contributed by atoms with van der Waals surface area (Å²) >= 11 is 0. The Morgan fingerprint density at radius 2 is 1.85 bits per heavy atom. The highest BCUT2D eigenvalue weighted by atomic mass is 16.5. The van der Waals surface area contributed by atoms with Crippen LogP contribution in [0.4, 0.5) is 0 Å². The van der Waals surface area contributed by atoms with E-state index >= 15 is 0 Å². The van der Waals surface area contributed by atoms with Crippen LogP contribution in [0.1, 0.15) is 12.0 Å². The van der Waals surface area contributed by atoms with Gasteiger partial charge >= 0.3 is 0 Å². The van der Waals surface area contributed by atoms with E-state index in [0.717, 1.165) is 11.3 Å². The number of para-hydroxylation sites is 1. The van der Waals surface area contributed by atoms with Crippen LogP contribution >= 0.6 is 0 Å². The molecule has 1 N–H and O–H groups in total. The zero-order valence-electron chi connectivity index (χ0n) is 15.6. The molecule has 1 heterocycles. The lowest BCUT2D eigenvalue weighted by Crippen LogP contribution is -2.45. The summed E-state index contributed by atoms with van der Waals surface area (Å²) in [6, 6.07) is 16.3. The third kappa shape index (κ3) is 4.58. The van der Waals surface area contributed by atoms with Crippen LogP contribution in [0.5, 0.6) is 11.5 Å². The van der Waals surface area contributed by atoms with Crippen LogP contribution in [0.2, 0.25) is 0 Å². The van der Waals surface area contributed by atoms with E-state index in [-0.39, 0.29) is 24.3 Å². The molecule has 1 aliphatic heterocycles. The Balaban J connectivity index is 1.72. The zero-order chi connectivity index (χ0) is 19.2. The lowest BCUT2D eigenvalue weighted by molar-refractivity contribution is -0.137. The van der Waals surface area contributed by atoms with Crippen molar-refractivity contribution in [3.05, 3.63) is 60.2 Å². The molecule has 2 aromatic carbocycles. The normalized spacial score (nSPS) is 18.8. The number of rotatable bonds is 6. The lowest BCUT2D eigenvalue weighted by Gasteiger charge is -2.23. The van der Waals surface area contributed by atoms with Gasteiger partial charge in [-0.3, -0.25) is 9.59 Å². The van der Waals surface area contributed by atoms with Crippen LogP contribution in [0, 0.1) is 0 Å². The van der Waals surface area contributed by atoms with Crippen molar-refractivity contribution in [1.29, 1.82) is 0 Å². The average Bonchev–Trinajstić information content (AvgIpc) is 3.12. The van der Waals surface area contributed by atoms with Gasteiger partial charge in [-0.1, -0.05) is 30.3 Å². The van der Waals surface area contributed by atoms with E-state index < -0.39 is 6.04 Å². The zero-order valence-corrected chi connectivity index (χ0v) is 15.6. The van der Waals surface area contributed by atoms with Gasteiger partial charge < -0.3 is 19.7 Å². The molecule has 2 atom stereocenters. The molecule has 2 aromatic rings. The van der Waals surface area contributed by atoms with E-state index in [1.807, 2.05) is 54.6 Å². The minimum absolute atomic E-state index is 0.101. The number of nitrogens with one attached hydrogen (secondary N) is 1. The molecule has 0 unspecified atom stereocenters. The van der Waals surface area contributed by atoms with Crippen molar-refractivity contribution in [2.24, 2.45) is 0 Å². The topological polar surface area (TPSA) is 67.9 Å². The molecule has 3 rings (SSSR count). The number of methoxy groups -OCH3 is 1. The van der Waals surface area contributed by atoms with Gasteiger partial charge in [-0.05, 0) is 29.8 Å². The van der Waals surface area contributed by atoms with Crippen LogP contribution < -0.4 is 14.8 Å². The summed E-state index contributed by atoms with van der Waals surface area (Å²) < 4.78 is 11.2. The SMILES string of the molecule is CNC(=O)[C@@H]1C[C@H](Oc2ccccc2)CN1C(=O)Cc1cccc(OC)c1. The summed E-state index contributed by atoms with van der Waals surface area (Å²) in [4.78, 5) is 26.8. The van der Waals surface area contributed by atoms with E-state index in [4.69, 9.17) is 9.47 Å². The molecule has 1 fully saturated rings. The molecule has 6 nitrogen and oxygen atoms in total. The van der Waals surface area contributed by atoms with Gasteiger partial charge in [-0.25, -0.2) is 0 Å². The van der Waals surface area contributed by atoms with E-state index in [2.05, 4.69) is 5.32 Å². The number of amides is 2. The van der Waals surface area contributed by atoms with E-state index in [1.54, 1.807) is 19.1 Å². The number of benzene rings is 2. The van der Waals surface area contributed by atoms with Gasteiger partial charge in [0.15, 0.2) is 0 Å². The molecule has 0 bridgehead atoms. The largest absolute Gasteiger partial charge is 0.497 e. The number of carbonyl (C=O) groups excluding carboxylic acids is 2. The molecule has 1 saturated heterocycles. The number of likely N-dealkylation sites (N-methyl/N-ethyl adjacent to an activating group) is 1. The molecule has 0 aliphatic carbocycles. The predicted octanol–water partition coefficient (Wildman–Crippen LogP) is 2.03. The summed E-state index contributed by atoms with van der Waals surface area (Å²) in [5.74, 6) is 1.17. The standard InChI is InChI=1S/C21H24N2O4/c1-22-21(25)19-13-18(27-16-8-4-3-5-9-16)14-23(19)20(24)12-15-7-6-10-17(11-15)26-2/h3-11,18-19H,12-14H2,1-2H3,(H,22,25)/t18-,19-/m0/s1. The van der Waals surface area contributed by atoms with E-state index in [9.17, 15) is 9.59 Å². The van der Waals surface area contributed by atoms with Gasteiger partial charge in [0.25, 0.3) is 0 Å². The molecular formula is C21H24N2O4. The first-order valence-corrected chi connectivity index (χ1v) is 8.96. The Labute approximate surface area is 159 Å². The molecule has 0 aromatic heterocycles. The second-order valence-electron chi connectivity index (χ2n) is 6.49. The second kappa shape index (κ2) is 8.58. The van der Waals surface area contributed by atoms with E-state index in [0.29, 0.717) is 18.7 Å². The number of hydrogen-bond donors (Lipinski definition) is 1. The highest BCUT2D eigenvalue weighted by Gasteiger charge is 2.40. The highest BCUT2D eigenvalue weighted by molar-refractivity contribution is 5.89. The van der Waals surface area contributed by atoms with Gasteiger partial charge in [0.05, 0.1) is 20.1 Å². The van der Waals surface area contributed by atoms with Gasteiger partial charge in [0.1, 0.15) is 23.6 Å². The van der Waals surface area contributed by atoms with Crippen LogP contribution in [0.25, 0.3) is 0 Å². The van der Waals surface area contributed by atoms with Gasteiger partial charge in [0, 0.05) is 13.5 Å². The average molecular weight is 368 g/mol. The third-order valence-corrected chi connectivity index (χ3v) is 4.67. The molecular weight excluding hydrogens is 344 g/mol. The van der Waals surface area contributed by atoms with Gasteiger partial charge in [-0.15, -0.1) is 0 Å². The first kappa shape index (κ1) is 18.8. The summed E-state index contributed by atoms with van der Waals surface area (Å²) in [6.45, 7) is 0.385. The Hall–Kier alpha value is -3.02. The molecule has 0 radical (unpaired) electrons. The fraction of sp³-hybridized carbons (Fsp3) is 0.333. The fourth-order valence-corrected chi connectivity index (χ4v) is 3.32. The first-order chi connectivity index (χ1) is 13.1. The Morgan fingerprint density at radius 1 is 1.11 bits per heavy atom. The Bertz CT molecular complexity index is 794. The molecule has 27 heavy (non-hydrogen) atoms. The number of nitrogens with zero attached hydrogens (tertiary/aromatic N) is 1. The highest BCUT2D eigenvalue weighted by Crippen LogP contribution is 2.24. The van der Waals surface area contributed by atoms with Crippen molar-refractivity contribution < 1.29 is 19.1 Å². The quantitative estimate of drug-likeness (QED) is 0.847. The minimum atomic E-state index is -0.526. The van der Waals surface area contributed by atoms with Crippen LogP contribution in [0.15, 0.2) is 54.6 Å². The molecule has 0 saturated carbocycles. The Morgan fingerprint density at radius 3 is 2.56 bits per heavy atom. The van der Waals surface area contributed by atoms with Crippen LogP contribution in [-0.2, 0) is 16.0 Å². The van der Waals surface area contributed by atoms with Crippen LogP contribution in [0.3, 0.4) is 0 Å². The summed E-state index contributed by atoms with van der Waals surface area (Å²) in [5.41, 5.74) is 0.849. The van der Waals surface area contributed by atoms with E-state index in [1.165, 1.54) is 0 Å². The molecule has 142 valence electrons. The monoisotopic (exact) mass is 368 g/mol. The maximum absolute atomic E-state index is 12.9. The minimum Gasteiger partial charge on any atom is -0.497 e. The van der Waals surface area contributed by atoms with Crippen molar-refractivity contribution >= 4 is 11.8 Å². The molecule has 1 aliphatic rings. The van der Waals surface area contributed by atoms with Crippen molar-refractivity contribution in [2.75, 3.05) is 20.7 Å². The fourth-order valence-electron chi connectivity index (χ4n) is 3.32. The maximum Gasteiger partial charge on any atom is 0.242 e. The van der Waals surface area contributed by atoms with Crippen molar-refractivity contribution in [1.82, 2.24) is 10.2 Å². The third-order valence-electron chi connectivity index (χ3n) is 4.67. The molecule has 2 amide bonds. The van der Waals surface area contributed by atoms with Gasteiger partial charge in [0.2, 0.25) is 11.8 Å². The number of hydrogen-bond acceptors (Lipinski definition) is 4. The second-order valence-corrected chi connectivity index (χ2v) is 6.49. The van der Waals surface area contributed by atoms with Crippen molar-refractivity contribution in [3.8, 4) is 11.5 Å². The number of likely N-dealkylation sites (tertiary alicyclic amines) is 1. The lowest BCUT2D eigenvalue weighted by atomic mass is 10.1. The summed E-state index contributed by atoms with van der Waals surface area (Å²) in [5, 5.41) is 2.65. The van der Waals surface area contributed by atoms with Crippen molar-refractivity contribution in [3.63, 3.8) is 0 Å². The predicted molar refractivity (Wildman–Crippen MR) is 102 cm³/mol. The molecule has 6 heteroatoms. The van der Waals surface area contributed by atoms with Gasteiger partial charge in [-0.2, -0.15) is 0 Å². The molecule has 0 spiro atoms.